The first kappa shape index (κ1) is 32.3. The maximum Gasteiger partial charge on any atom is 0.205 e. The van der Waals surface area contributed by atoms with Crippen molar-refractivity contribution in [3.63, 3.8) is 0 Å². The number of ether oxygens (including phenoxy) is 2. The quantitative estimate of drug-likeness (QED) is 0.158. The maximum atomic E-state index is 14.8. The van der Waals surface area contributed by atoms with Gasteiger partial charge in [0.2, 0.25) is 69.5 Å². The Morgan fingerprint density at radius 3 is 0.591 bits per heavy atom. The Morgan fingerprint density at radius 2 is 0.409 bits per heavy atom. The van der Waals surface area contributed by atoms with Gasteiger partial charge in [-0.3, -0.25) is 0 Å². The van der Waals surface area contributed by atoms with Crippen LogP contribution < -0.4 is 9.47 Å². The van der Waals surface area contributed by atoms with E-state index in [4.69, 9.17) is 0 Å². The molecule has 0 aromatic heterocycles. The highest BCUT2D eigenvalue weighted by atomic mass is 19.2. The first-order valence-electron chi connectivity index (χ1n) is 11.1. The summed E-state index contributed by atoms with van der Waals surface area (Å²) in [6.07, 6.45) is 0. The van der Waals surface area contributed by atoms with Crippen LogP contribution in [-0.2, 0) is 0 Å². The Kier molecular flexibility index (Phi) is 8.16. The summed E-state index contributed by atoms with van der Waals surface area (Å²) in [5, 5.41) is 0. The molecule has 0 atom stereocenters. The molecule has 0 saturated heterocycles. The molecule has 0 saturated carbocycles. The van der Waals surface area contributed by atoms with Gasteiger partial charge in [0, 0.05) is 11.1 Å². The topological polar surface area (TPSA) is 18.5 Å². The van der Waals surface area contributed by atoms with Crippen LogP contribution in [0.5, 0.6) is 23.0 Å². The molecule has 0 spiro atoms. The summed E-state index contributed by atoms with van der Waals surface area (Å²) in [6, 6.07) is 0. The number of benzene rings is 4. The van der Waals surface area contributed by atoms with Gasteiger partial charge in [0.1, 0.15) is 0 Å². The third-order valence-electron chi connectivity index (χ3n) is 5.99. The van der Waals surface area contributed by atoms with Gasteiger partial charge in [-0.1, -0.05) is 0 Å². The van der Waals surface area contributed by atoms with Crippen molar-refractivity contribution >= 4 is 0 Å². The van der Waals surface area contributed by atoms with Gasteiger partial charge in [-0.15, -0.1) is 0 Å². The van der Waals surface area contributed by atoms with Crippen molar-refractivity contribution in [1.29, 1.82) is 0 Å². The summed E-state index contributed by atoms with van der Waals surface area (Å²) >= 11 is 0. The second-order valence-corrected chi connectivity index (χ2v) is 8.54. The molecule has 0 radical (unpaired) electrons. The van der Waals surface area contributed by atoms with E-state index in [1.807, 2.05) is 0 Å². The average Bonchev–Trinajstić information content (AvgIpc) is 2.99. The van der Waals surface area contributed by atoms with Crippen LogP contribution in [0.2, 0.25) is 0 Å². The molecule has 0 aliphatic carbocycles. The van der Waals surface area contributed by atoms with Crippen LogP contribution >= 0.6 is 0 Å². The van der Waals surface area contributed by atoms with E-state index in [1.54, 1.807) is 0 Å². The number of halogens is 16. The van der Waals surface area contributed by atoms with Crippen molar-refractivity contribution in [2.75, 3.05) is 0 Å². The van der Waals surface area contributed by atoms with Gasteiger partial charge in [0.25, 0.3) is 0 Å². The zero-order valence-corrected chi connectivity index (χ0v) is 20.9. The van der Waals surface area contributed by atoms with Crippen molar-refractivity contribution in [2.24, 2.45) is 0 Å². The molecule has 44 heavy (non-hydrogen) atoms. The fourth-order valence-corrected chi connectivity index (χ4v) is 3.67. The summed E-state index contributed by atoms with van der Waals surface area (Å²) in [6.45, 7) is 1.02. The molecular weight excluding hydrogens is 648 g/mol. The van der Waals surface area contributed by atoms with E-state index < -0.39 is 138 Å². The normalized spacial score (nSPS) is 11.4. The molecule has 0 unspecified atom stereocenters. The van der Waals surface area contributed by atoms with Crippen LogP contribution in [0.3, 0.4) is 0 Å². The summed E-state index contributed by atoms with van der Waals surface area (Å²) in [5.41, 5.74) is -7.80. The smallest absolute Gasteiger partial charge is 0.205 e. The third kappa shape index (κ3) is 4.62. The lowest BCUT2D eigenvalue weighted by Gasteiger charge is -2.17. The standard InChI is InChI=1S/C26H6F16O2/c1-3-7(27)15(35)23(16(36)8(3)28)43-25-19(39)11(31)5(12(32)20(25)40)6-13(33)21(41)26(22(42)14(6)34)44-24-17(37)9(29)4(2)10(30)18(24)38/h1-2H3. The molecule has 18 heteroatoms. The van der Waals surface area contributed by atoms with Gasteiger partial charge in [-0.2, -0.15) is 35.1 Å². The lowest BCUT2D eigenvalue weighted by molar-refractivity contribution is 0.320. The molecule has 0 N–H and O–H groups in total. The highest BCUT2D eigenvalue weighted by molar-refractivity contribution is 5.69. The molecule has 0 aliphatic heterocycles. The summed E-state index contributed by atoms with van der Waals surface area (Å²) in [7, 11) is 0. The van der Waals surface area contributed by atoms with Crippen LogP contribution in [-0.4, -0.2) is 0 Å². The maximum absolute atomic E-state index is 14.8. The molecule has 2 nitrogen and oxygen atoms in total. The number of hydrogen-bond acceptors (Lipinski definition) is 2. The van der Waals surface area contributed by atoms with Crippen LogP contribution in [0, 0.1) is 107 Å². The summed E-state index contributed by atoms with van der Waals surface area (Å²) in [5.74, 6) is -51.7. The first-order valence-corrected chi connectivity index (χ1v) is 11.1. The minimum absolute atomic E-state index is 0.512. The highest BCUT2D eigenvalue weighted by Crippen LogP contribution is 2.45. The Morgan fingerprint density at radius 1 is 0.250 bits per heavy atom. The number of hydrogen-bond donors (Lipinski definition) is 0. The monoisotopic (exact) mass is 654 g/mol. The molecular formula is C26H6F16O2. The fraction of sp³-hybridized carbons (Fsp3) is 0.0769. The predicted molar refractivity (Wildman–Crippen MR) is 114 cm³/mol. The van der Waals surface area contributed by atoms with Crippen molar-refractivity contribution in [1.82, 2.24) is 0 Å². The first-order chi connectivity index (χ1) is 20.4. The minimum Gasteiger partial charge on any atom is -0.444 e. The molecule has 0 heterocycles. The predicted octanol–water partition coefficient (Wildman–Crippen LogP) is 9.78. The van der Waals surface area contributed by atoms with Crippen LogP contribution in [0.4, 0.5) is 70.2 Å². The van der Waals surface area contributed by atoms with Crippen LogP contribution in [0.1, 0.15) is 11.1 Å². The van der Waals surface area contributed by atoms with E-state index in [1.165, 1.54) is 0 Å². The van der Waals surface area contributed by atoms with Gasteiger partial charge in [0.05, 0.1) is 11.1 Å². The van der Waals surface area contributed by atoms with Gasteiger partial charge in [0.15, 0.2) is 46.5 Å². The van der Waals surface area contributed by atoms with Crippen LogP contribution in [0.15, 0.2) is 0 Å². The SMILES string of the molecule is Cc1c(F)c(F)c(Oc2c(F)c(F)c(-c3c(F)c(F)c(Oc4c(F)c(F)c(C)c(F)c4F)c(F)c3F)c(F)c2F)c(F)c1F. The Balaban J connectivity index is 1.92. The van der Waals surface area contributed by atoms with E-state index in [2.05, 4.69) is 9.47 Å². The molecule has 4 aromatic carbocycles. The van der Waals surface area contributed by atoms with Crippen molar-refractivity contribution < 1.29 is 79.7 Å². The molecule has 4 aromatic rings. The van der Waals surface area contributed by atoms with Gasteiger partial charge in [-0.25, -0.2) is 35.1 Å². The summed E-state index contributed by atoms with van der Waals surface area (Å²) in [4.78, 5) is 0. The second kappa shape index (κ2) is 11.1. The minimum atomic E-state index is -2.97. The van der Waals surface area contributed by atoms with Gasteiger partial charge in [-0.05, 0) is 13.8 Å². The van der Waals surface area contributed by atoms with Gasteiger partial charge >= 0.3 is 0 Å². The zero-order valence-electron chi connectivity index (χ0n) is 20.9. The Hall–Kier alpha value is -4.64. The highest BCUT2D eigenvalue weighted by Gasteiger charge is 2.37. The average molecular weight is 654 g/mol. The van der Waals surface area contributed by atoms with Crippen molar-refractivity contribution in [2.45, 2.75) is 13.8 Å². The number of rotatable bonds is 5. The lowest BCUT2D eigenvalue weighted by atomic mass is 10.0. The fourth-order valence-electron chi connectivity index (χ4n) is 3.67. The molecule has 0 bridgehead atoms. The van der Waals surface area contributed by atoms with E-state index in [0.29, 0.717) is 13.8 Å². The molecule has 0 aliphatic rings. The van der Waals surface area contributed by atoms with Crippen molar-refractivity contribution in [3.8, 4) is 34.1 Å². The largest absolute Gasteiger partial charge is 0.444 e. The zero-order chi connectivity index (χ0) is 33.3. The molecule has 0 amide bonds. The molecule has 4 rings (SSSR count). The van der Waals surface area contributed by atoms with E-state index >= 15 is 0 Å². The second-order valence-electron chi connectivity index (χ2n) is 8.54. The Bertz CT molecular complexity index is 1650. The van der Waals surface area contributed by atoms with Gasteiger partial charge < -0.3 is 9.47 Å². The molecule has 234 valence electrons. The van der Waals surface area contributed by atoms with E-state index in [-0.39, 0.29) is 0 Å². The van der Waals surface area contributed by atoms with E-state index in [9.17, 15) is 70.2 Å². The van der Waals surface area contributed by atoms with E-state index in [0.717, 1.165) is 0 Å². The molecule has 0 fully saturated rings. The summed E-state index contributed by atoms with van der Waals surface area (Å²) < 4.78 is 237. The Labute approximate surface area is 232 Å². The lowest BCUT2D eigenvalue weighted by Crippen LogP contribution is -2.11. The van der Waals surface area contributed by atoms with Crippen molar-refractivity contribution in [3.05, 3.63) is 104 Å². The van der Waals surface area contributed by atoms with Crippen LogP contribution in [0.25, 0.3) is 11.1 Å². The third-order valence-corrected chi connectivity index (χ3v) is 5.99.